The molecule has 0 radical (unpaired) electrons. The third-order valence-electron chi connectivity index (χ3n) is 4.87. The molecule has 5 heteroatoms. The average molecular weight is 317 g/mol. The first-order chi connectivity index (χ1) is 11.0. The number of carbonyl (C=O) groups is 1. The van der Waals surface area contributed by atoms with E-state index >= 15 is 0 Å². The maximum Gasteiger partial charge on any atom is 0.255 e. The van der Waals surface area contributed by atoms with Crippen molar-refractivity contribution in [3.05, 3.63) is 29.6 Å². The van der Waals surface area contributed by atoms with E-state index in [1.54, 1.807) is 12.4 Å². The molecule has 0 aromatic carbocycles. The predicted octanol–water partition coefficient (Wildman–Crippen LogP) is 2.11. The highest BCUT2D eigenvalue weighted by molar-refractivity contribution is 5.94. The second-order valence-corrected chi connectivity index (χ2v) is 7.31. The van der Waals surface area contributed by atoms with Gasteiger partial charge in [0.1, 0.15) is 0 Å². The van der Waals surface area contributed by atoms with Crippen LogP contribution in [0.25, 0.3) is 0 Å². The monoisotopic (exact) mass is 317 g/mol. The fourth-order valence-corrected chi connectivity index (χ4v) is 3.83. The minimum atomic E-state index is -0.133. The first-order valence-electron chi connectivity index (χ1n) is 8.51. The summed E-state index contributed by atoms with van der Waals surface area (Å²) in [5.41, 5.74) is 1.57. The lowest BCUT2D eigenvalue weighted by Gasteiger charge is -2.39. The lowest BCUT2D eigenvalue weighted by atomic mass is 9.90. The Morgan fingerprint density at radius 2 is 2.26 bits per heavy atom. The molecule has 0 unspecified atom stereocenters. The standard InChI is InChI=1S/C18H27N3O2/c1-14-9-15(11-19-10-14)17(22)21-8-7-18(13-21)6-4-5-16(23-18)12-20(2)3/h9-11,16H,4-8,12-13H2,1-3H3/t16-,18-/m0/s1. The molecule has 23 heavy (non-hydrogen) atoms. The third-order valence-corrected chi connectivity index (χ3v) is 4.87. The fourth-order valence-electron chi connectivity index (χ4n) is 3.83. The van der Waals surface area contributed by atoms with Gasteiger partial charge in [-0.05, 0) is 58.3 Å². The number of aryl methyl sites for hydroxylation is 1. The zero-order valence-electron chi connectivity index (χ0n) is 14.4. The first kappa shape index (κ1) is 16.4. The van der Waals surface area contributed by atoms with Crippen LogP contribution in [0.2, 0.25) is 0 Å². The highest BCUT2D eigenvalue weighted by atomic mass is 16.5. The number of likely N-dealkylation sites (N-methyl/N-ethyl adjacent to an activating group) is 1. The minimum Gasteiger partial charge on any atom is -0.369 e. The van der Waals surface area contributed by atoms with E-state index in [2.05, 4.69) is 24.0 Å². The van der Waals surface area contributed by atoms with Crippen LogP contribution in [0.4, 0.5) is 0 Å². The van der Waals surface area contributed by atoms with E-state index in [4.69, 9.17) is 4.74 Å². The Hall–Kier alpha value is -1.46. The summed E-state index contributed by atoms with van der Waals surface area (Å²) >= 11 is 0. The molecule has 5 nitrogen and oxygen atoms in total. The van der Waals surface area contributed by atoms with Crippen molar-refractivity contribution in [2.75, 3.05) is 33.7 Å². The van der Waals surface area contributed by atoms with Crippen LogP contribution in [0.1, 0.15) is 41.6 Å². The van der Waals surface area contributed by atoms with Crippen molar-refractivity contribution in [2.24, 2.45) is 0 Å². The normalized spacial score (nSPS) is 27.8. The van der Waals surface area contributed by atoms with Gasteiger partial charge in [0.2, 0.25) is 0 Å². The summed E-state index contributed by atoms with van der Waals surface area (Å²) in [5.74, 6) is 0.0800. The van der Waals surface area contributed by atoms with Crippen molar-refractivity contribution in [1.29, 1.82) is 0 Å². The molecule has 126 valence electrons. The van der Waals surface area contributed by atoms with Gasteiger partial charge in [-0.15, -0.1) is 0 Å². The molecule has 1 aromatic rings. The molecule has 1 aromatic heterocycles. The van der Waals surface area contributed by atoms with Gasteiger partial charge < -0.3 is 14.5 Å². The summed E-state index contributed by atoms with van der Waals surface area (Å²) in [7, 11) is 4.17. The highest BCUT2D eigenvalue weighted by Crippen LogP contribution is 2.37. The molecule has 3 heterocycles. The number of nitrogens with zero attached hydrogens (tertiary/aromatic N) is 3. The van der Waals surface area contributed by atoms with E-state index in [-0.39, 0.29) is 17.6 Å². The molecule has 1 spiro atoms. The smallest absolute Gasteiger partial charge is 0.255 e. The molecule has 2 saturated heterocycles. The number of likely N-dealkylation sites (tertiary alicyclic amines) is 1. The van der Waals surface area contributed by atoms with Crippen LogP contribution in [0.3, 0.4) is 0 Å². The summed E-state index contributed by atoms with van der Waals surface area (Å²) in [5, 5.41) is 0. The SMILES string of the molecule is Cc1cncc(C(=O)N2CC[C@@]3(CCC[C@@H](CN(C)C)O3)C2)c1. The fraction of sp³-hybridized carbons (Fsp3) is 0.667. The van der Waals surface area contributed by atoms with Gasteiger partial charge in [-0.2, -0.15) is 0 Å². The summed E-state index contributed by atoms with van der Waals surface area (Å²) < 4.78 is 6.43. The lowest BCUT2D eigenvalue weighted by Crippen LogP contribution is -2.46. The molecule has 0 bridgehead atoms. The van der Waals surface area contributed by atoms with Crippen molar-refractivity contribution in [1.82, 2.24) is 14.8 Å². The van der Waals surface area contributed by atoms with Crippen LogP contribution in [-0.4, -0.2) is 66.1 Å². The third kappa shape index (κ3) is 3.72. The van der Waals surface area contributed by atoms with Gasteiger partial charge in [0.15, 0.2) is 0 Å². The van der Waals surface area contributed by atoms with Crippen LogP contribution >= 0.6 is 0 Å². The van der Waals surface area contributed by atoms with Gasteiger partial charge in [0, 0.05) is 25.5 Å². The van der Waals surface area contributed by atoms with E-state index in [1.165, 1.54) is 6.42 Å². The number of amides is 1. The largest absolute Gasteiger partial charge is 0.369 e. The van der Waals surface area contributed by atoms with Gasteiger partial charge in [0.25, 0.3) is 5.91 Å². The van der Waals surface area contributed by atoms with E-state index in [1.807, 2.05) is 17.9 Å². The predicted molar refractivity (Wildman–Crippen MR) is 89.5 cm³/mol. The lowest BCUT2D eigenvalue weighted by molar-refractivity contribution is -0.124. The number of ether oxygens (including phenoxy) is 1. The zero-order chi connectivity index (χ0) is 16.4. The number of hydrogen-bond donors (Lipinski definition) is 0. The molecule has 2 fully saturated rings. The second kappa shape index (κ2) is 6.57. The molecule has 2 atom stereocenters. The summed E-state index contributed by atoms with van der Waals surface area (Å²) in [4.78, 5) is 21.0. The molecule has 2 aliphatic rings. The van der Waals surface area contributed by atoms with E-state index in [0.29, 0.717) is 12.1 Å². The van der Waals surface area contributed by atoms with Gasteiger partial charge in [0.05, 0.1) is 23.8 Å². The molecule has 0 aliphatic carbocycles. The van der Waals surface area contributed by atoms with E-state index in [9.17, 15) is 4.79 Å². The van der Waals surface area contributed by atoms with Crippen molar-refractivity contribution in [3.8, 4) is 0 Å². The Kier molecular flexibility index (Phi) is 4.69. The van der Waals surface area contributed by atoms with E-state index in [0.717, 1.165) is 37.9 Å². The molecule has 1 amide bonds. The minimum absolute atomic E-state index is 0.0800. The summed E-state index contributed by atoms with van der Waals surface area (Å²) in [6.07, 6.45) is 8.04. The first-order valence-corrected chi connectivity index (χ1v) is 8.51. The Balaban J connectivity index is 1.66. The maximum absolute atomic E-state index is 12.7. The van der Waals surface area contributed by atoms with Crippen LogP contribution in [0.5, 0.6) is 0 Å². The molecule has 0 N–H and O–H groups in total. The van der Waals surface area contributed by atoms with Crippen LogP contribution in [0.15, 0.2) is 18.5 Å². The Labute approximate surface area is 138 Å². The highest BCUT2D eigenvalue weighted by Gasteiger charge is 2.44. The topological polar surface area (TPSA) is 45.7 Å². The molecule has 0 saturated carbocycles. The van der Waals surface area contributed by atoms with E-state index < -0.39 is 0 Å². The number of hydrogen-bond acceptors (Lipinski definition) is 4. The van der Waals surface area contributed by atoms with Gasteiger partial charge in [-0.25, -0.2) is 0 Å². The molecular weight excluding hydrogens is 290 g/mol. The Morgan fingerprint density at radius 3 is 3.00 bits per heavy atom. The molecule has 2 aliphatic heterocycles. The van der Waals surface area contributed by atoms with Crippen LogP contribution in [0, 0.1) is 6.92 Å². The molecular formula is C18H27N3O2. The van der Waals surface area contributed by atoms with Crippen molar-refractivity contribution >= 4 is 5.91 Å². The van der Waals surface area contributed by atoms with Crippen LogP contribution in [-0.2, 0) is 4.74 Å². The van der Waals surface area contributed by atoms with Gasteiger partial charge in [-0.1, -0.05) is 0 Å². The van der Waals surface area contributed by atoms with Crippen molar-refractivity contribution < 1.29 is 9.53 Å². The number of carbonyl (C=O) groups excluding carboxylic acids is 1. The Morgan fingerprint density at radius 1 is 1.43 bits per heavy atom. The van der Waals surface area contributed by atoms with Crippen molar-refractivity contribution in [2.45, 2.75) is 44.3 Å². The van der Waals surface area contributed by atoms with Gasteiger partial charge in [-0.3, -0.25) is 9.78 Å². The average Bonchev–Trinajstić information content (AvgIpc) is 2.89. The summed E-state index contributed by atoms with van der Waals surface area (Å²) in [6.45, 7) is 4.41. The number of aromatic nitrogens is 1. The second-order valence-electron chi connectivity index (χ2n) is 7.31. The van der Waals surface area contributed by atoms with Crippen LogP contribution < -0.4 is 0 Å². The number of pyridine rings is 1. The van der Waals surface area contributed by atoms with Crippen molar-refractivity contribution in [3.63, 3.8) is 0 Å². The van der Waals surface area contributed by atoms with Gasteiger partial charge >= 0.3 is 0 Å². The Bertz CT molecular complexity index is 575. The zero-order valence-corrected chi connectivity index (χ0v) is 14.4. The maximum atomic E-state index is 12.7. The number of rotatable bonds is 3. The summed E-state index contributed by atoms with van der Waals surface area (Å²) in [6, 6.07) is 1.91. The molecule has 3 rings (SSSR count). The quantitative estimate of drug-likeness (QED) is 0.856.